The summed E-state index contributed by atoms with van der Waals surface area (Å²) in [7, 11) is 0. The fraction of sp³-hybridized carbons (Fsp3) is 0.148. The van der Waals surface area contributed by atoms with E-state index < -0.39 is 6.04 Å². The van der Waals surface area contributed by atoms with Crippen molar-refractivity contribution in [1.29, 1.82) is 0 Å². The third kappa shape index (κ3) is 4.03. The Kier molecular flexibility index (Phi) is 5.26. The number of carbonyl (C=O) groups is 1. The Morgan fingerprint density at radius 3 is 2.36 bits per heavy atom. The first-order chi connectivity index (χ1) is 16.0. The van der Waals surface area contributed by atoms with Crippen LogP contribution in [0.3, 0.4) is 0 Å². The lowest BCUT2D eigenvalue weighted by Crippen LogP contribution is -2.31. The summed E-state index contributed by atoms with van der Waals surface area (Å²) < 4.78 is 1.82. The number of aryl methyl sites for hydroxylation is 2. The number of para-hydroxylation sites is 1. The van der Waals surface area contributed by atoms with Gasteiger partial charge in [-0.25, -0.2) is 4.68 Å². The van der Waals surface area contributed by atoms with Crippen LogP contribution in [0.1, 0.15) is 29.7 Å². The second-order valence-corrected chi connectivity index (χ2v) is 8.37. The van der Waals surface area contributed by atoms with Crippen molar-refractivity contribution >= 4 is 17.5 Å². The number of fused-ring (bicyclic) bond motifs is 1. The molecule has 1 aromatic heterocycles. The molecule has 0 radical (unpaired) electrons. The van der Waals surface area contributed by atoms with Crippen molar-refractivity contribution in [2.24, 2.45) is 0 Å². The lowest BCUT2D eigenvalue weighted by Gasteiger charge is -2.29. The lowest BCUT2D eigenvalue weighted by molar-refractivity contribution is -0.113. The van der Waals surface area contributed by atoms with Crippen LogP contribution < -0.4 is 10.6 Å². The summed E-state index contributed by atoms with van der Waals surface area (Å²) in [6.45, 7) is 6.00. The number of carbonyl (C=O) groups excluding carboxylic acids is 1. The molecule has 0 saturated carbocycles. The number of aromatic nitrogens is 3. The van der Waals surface area contributed by atoms with E-state index in [4.69, 9.17) is 10.1 Å². The minimum atomic E-state index is -0.407. The predicted molar refractivity (Wildman–Crippen MR) is 131 cm³/mol. The largest absolute Gasteiger partial charge is 0.328 e. The van der Waals surface area contributed by atoms with E-state index in [9.17, 15) is 4.79 Å². The Morgan fingerprint density at radius 1 is 0.909 bits per heavy atom. The molecule has 6 heteroatoms. The number of anilines is 2. The molecule has 33 heavy (non-hydrogen) atoms. The summed E-state index contributed by atoms with van der Waals surface area (Å²) in [5, 5.41) is 11.2. The molecular formula is C27H25N5O. The van der Waals surface area contributed by atoms with Crippen molar-refractivity contribution in [2.45, 2.75) is 26.8 Å². The highest BCUT2D eigenvalue weighted by atomic mass is 16.1. The molecule has 1 atom stereocenters. The van der Waals surface area contributed by atoms with Crippen LogP contribution in [0.4, 0.5) is 11.6 Å². The number of nitrogens with one attached hydrogen (secondary N) is 2. The average Bonchev–Trinajstić information content (AvgIpc) is 3.22. The van der Waals surface area contributed by atoms with Gasteiger partial charge in [-0.15, -0.1) is 5.10 Å². The van der Waals surface area contributed by atoms with Gasteiger partial charge in [0.25, 0.3) is 5.91 Å². The van der Waals surface area contributed by atoms with Crippen molar-refractivity contribution in [3.63, 3.8) is 0 Å². The van der Waals surface area contributed by atoms with Crippen LogP contribution in [0.5, 0.6) is 0 Å². The lowest BCUT2D eigenvalue weighted by atomic mass is 9.94. The second-order valence-electron chi connectivity index (χ2n) is 8.37. The summed E-state index contributed by atoms with van der Waals surface area (Å²) in [4.78, 5) is 18.3. The molecule has 2 heterocycles. The third-order valence-corrected chi connectivity index (χ3v) is 5.76. The van der Waals surface area contributed by atoms with E-state index in [2.05, 4.69) is 22.8 Å². The van der Waals surface area contributed by atoms with E-state index in [1.807, 2.05) is 92.2 Å². The van der Waals surface area contributed by atoms with Crippen LogP contribution in [0.15, 0.2) is 90.1 Å². The molecule has 6 nitrogen and oxygen atoms in total. The van der Waals surface area contributed by atoms with Gasteiger partial charge in [-0.2, -0.15) is 4.98 Å². The van der Waals surface area contributed by atoms with Gasteiger partial charge in [0.2, 0.25) is 5.95 Å². The Hall–Kier alpha value is -4.19. The molecular weight excluding hydrogens is 410 g/mol. The fourth-order valence-corrected chi connectivity index (χ4v) is 4.22. The Morgan fingerprint density at radius 2 is 1.64 bits per heavy atom. The number of nitrogens with zero attached hydrogens (tertiary/aromatic N) is 3. The molecule has 0 spiro atoms. The number of amides is 1. The zero-order valence-corrected chi connectivity index (χ0v) is 18.8. The van der Waals surface area contributed by atoms with E-state index in [1.54, 1.807) is 0 Å². The SMILES string of the molecule is CC1=C(C(=O)Nc2ccccc2)C(c2cccc(C)c2)n2nc(-c3cccc(C)c3)nc2N1. The van der Waals surface area contributed by atoms with Gasteiger partial charge in [-0.05, 0) is 44.5 Å². The summed E-state index contributed by atoms with van der Waals surface area (Å²) in [6, 6.07) is 25.4. The van der Waals surface area contributed by atoms with Crippen LogP contribution in [0.25, 0.3) is 11.4 Å². The predicted octanol–water partition coefficient (Wildman–Crippen LogP) is 5.49. The minimum absolute atomic E-state index is 0.170. The maximum atomic E-state index is 13.5. The highest BCUT2D eigenvalue weighted by Gasteiger charge is 2.34. The summed E-state index contributed by atoms with van der Waals surface area (Å²) in [5.74, 6) is 1.07. The molecule has 0 bridgehead atoms. The average molecular weight is 436 g/mol. The molecule has 1 unspecified atom stereocenters. The van der Waals surface area contributed by atoms with Gasteiger partial charge in [0, 0.05) is 16.9 Å². The summed E-state index contributed by atoms with van der Waals surface area (Å²) in [5.41, 5.74) is 6.29. The molecule has 1 amide bonds. The van der Waals surface area contributed by atoms with Gasteiger partial charge in [0.05, 0.1) is 5.57 Å². The van der Waals surface area contributed by atoms with E-state index in [-0.39, 0.29) is 5.91 Å². The van der Waals surface area contributed by atoms with Crippen LogP contribution in [-0.4, -0.2) is 20.7 Å². The van der Waals surface area contributed by atoms with Crippen molar-refractivity contribution in [2.75, 3.05) is 10.6 Å². The quantitative estimate of drug-likeness (QED) is 0.445. The Labute approximate surface area is 193 Å². The highest BCUT2D eigenvalue weighted by molar-refractivity contribution is 6.06. The van der Waals surface area contributed by atoms with Gasteiger partial charge in [-0.1, -0.05) is 71.8 Å². The molecule has 1 aliphatic rings. The first-order valence-corrected chi connectivity index (χ1v) is 10.9. The van der Waals surface area contributed by atoms with Crippen molar-refractivity contribution in [1.82, 2.24) is 14.8 Å². The van der Waals surface area contributed by atoms with Gasteiger partial charge >= 0.3 is 0 Å². The van der Waals surface area contributed by atoms with E-state index >= 15 is 0 Å². The molecule has 0 fully saturated rings. The standard InChI is InChI=1S/C27H25N5O/c1-17-9-7-11-20(15-17)24-23(26(33)29-22-13-5-4-6-14-22)19(3)28-27-30-25(31-32(24)27)21-12-8-10-18(2)16-21/h4-16,24H,1-3H3,(H,29,33)(H,28,30,31). The van der Waals surface area contributed by atoms with Crippen LogP contribution >= 0.6 is 0 Å². The number of hydrogen-bond donors (Lipinski definition) is 2. The number of allylic oxidation sites excluding steroid dienone is 1. The first kappa shape index (κ1) is 20.7. The molecule has 3 aromatic carbocycles. The van der Waals surface area contributed by atoms with E-state index in [0.717, 1.165) is 33.6 Å². The maximum absolute atomic E-state index is 13.5. The highest BCUT2D eigenvalue weighted by Crippen LogP contribution is 2.37. The Balaban J connectivity index is 1.62. The summed E-state index contributed by atoms with van der Waals surface area (Å²) in [6.07, 6.45) is 0. The molecule has 1 aliphatic heterocycles. The normalized spacial score (nSPS) is 15.1. The monoisotopic (exact) mass is 435 g/mol. The van der Waals surface area contributed by atoms with Gasteiger partial charge < -0.3 is 10.6 Å². The van der Waals surface area contributed by atoms with Crippen LogP contribution in [0, 0.1) is 13.8 Å². The van der Waals surface area contributed by atoms with Gasteiger partial charge in [0.1, 0.15) is 6.04 Å². The van der Waals surface area contributed by atoms with Crippen molar-refractivity contribution in [3.8, 4) is 11.4 Å². The van der Waals surface area contributed by atoms with Crippen molar-refractivity contribution < 1.29 is 4.79 Å². The molecule has 5 rings (SSSR count). The smallest absolute Gasteiger partial charge is 0.255 e. The van der Waals surface area contributed by atoms with Gasteiger partial charge in [-0.3, -0.25) is 4.79 Å². The molecule has 164 valence electrons. The minimum Gasteiger partial charge on any atom is -0.328 e. The first-order valence-electron chi connectivity index (χ1n) is 10.9. The van der Waals surface area contributed by atoms with E-state index in [1.165, 1.54) is 0 Å². The molecule has 0 aliphatic carbocycles. The Bertz CT molecular complexity index is 1370. The number of hydrogen-bond acceptors (Lipinski definition) is 4. The molecule has 2 N–H and O–H groups in total. The number of rotatable bonds is 4. The van der Waals surface area contributed by atoms with Gasteiger partial charge in [0.15, 0.2) is 5.82 Å². The zero-order chi connectivity index (χ0) is 22.9. The second kappa shape index (κ2) is 8.39. The van der Waals surface area contributed by atoms with Crippen LogP contribution in [0.2, 0.25) is 0 Å². The molecule has 4 aromatic rings. The van der Waals surface area contributed by atoms with E-state index in [0.29, 0.717) is 17.3 Å². The topological polar surface area (TPSA) is 71.8 Å². The van der Waals surface area contributed by atoms with Crippen LogP contribution in [-0.2, 0) is 4.79 Å². The fourth-order valence-electron chi connectivity index (χ4n) is 4.22. The maximum Gasteiger partial charge on any atom is 0.255 e. The summed E-state index contributed by atoms with van der Waals surface area (Å²) >= 11 is 0. The zero-order valence-electron chi connectivity index (χ0n) is 18.8. The molecule has 0 saturated heterocycles. The number of benzene rings is 3. The third-order valence-electron chi connectivity index (χ3n) is 5.76. The van der Waals surface area contributed by atoms with Crippen molar-refractivity contribution in [3.05, 3.63) is 107 Å².